The van der Waals surface area contributed by atoms with Crippen LogP contribution in [0.1, 0.15) is 45.2 Å². The van der Waals surface area contributed by atoms with E-state index in [2.05, 4.69) is 31.1 Å². The quantitative estimate of drug-likeness (QED) is 0.765. The summed E-state index contributed by atoms with van der Waals surface area (Å²) in [5.41, 5.74) is 1.20. The summed E-state index contributed by atoms with van der Waals surface area (Å²) in [7, 11) is 0. The monoisotopic (exact) mass is 240 g/mol. The van der Waals surface area contributed by atoms with E-state index in [1.165, 1.54) is 18.4 Å². The summed E-state index contributed by atoms with van der Waals surface area (Å²) >= 11 is 5.87. The van der Waals surface area contributed by atoms with Crippen molar-refractivity contribution in [3.8, 4) is 0 Å². The van der Waals surface area contributed by atoms with Gasteiger partial charge >= 0.3 is 0 Å². The van der Waals surface area contributed by atoms with Crippen LogP contribution in [0.4, 0.5) is 0 Å². The number of hydrogen-bond donors (Lipinski definition) is 1. The van der Waals surface area contributed by atoms with Crippen LogP contribution < -0.4 is 5.32 Å². The minimum Gasteiger partial charge on any atom is -0.310 e. The number of nitrogens with one attached hydrogen (secondary N) is 1. The molecule has 1 unspecified atom stereocenters. The highest BCUT2D eigenvalue weighted by Crippen LogP contribution is 2.16. The van der Waals surface area contributed by atoms with Crippen molar-refractivity contribution in [1.82, 2.24) is 10.3 Å². The maximum absolute atomic E-state index is 5.87. The molecule has 0 aliphatic rings. The first-order valence-electron chi connectivity index (χ1n) is 6.02. The standard InChI is InChI=1S/C13H21ClN2/c1-4-11(5-2)9-16-10(3)12-6-7-15-13(14)8-12/h6-8,10-11,16H,4-5,9H2,1-3H3. The molecule has 1 N–H and O–H groups in total. The van der Waals surface area contributed by atoms with Gasteiger partial charge in [0.15, 0.2) is 0 Å². The van der Waals surface area contributed by atoms with Crippen molar-refractivity contribution >= 4 is 11.6 Å². The Bertz CT molecular complexity index is 311. The Morgan fingerprint density at radius 3 is 2.62 bits per heavy atom. The van der Waals surface area contributed by atoms with E-state index in [0.717, 1.165) is 12.5 Å². The van der Waals surface area contributed by atoms with Crippen LogP contribution in [0.15, 0.2) is 18.3 Å². The molecule has 3 heteroatoms. The van der Waals surface area contributed by atoms with Gasteiger partial charge in [0.05, 0.1) is 0 Å². The molecule has 0 bridgehead atoms. The third kappa shape index (κ3) is 4.11. The molecule has 90 valence electrons. The van der Waals surface area contributed by atoms with E-state index in [-0.39, 0.29) is 0 Å². The smallest absolute Gasteiger partial charge is 0.129 e. The van der Waals surface area contributed by atoms with Crippen LogP contribution in [0, 0.1) is 5.92 Å². The largest absolute Gasteiger partial charge is 0.310 e. The van der Waals surface area contributed by atoms with Crippen molar-refractivity contribution in [2.75, 3.05) is 6.54 Å². The lowest BCUT2D eigenvalue weighted by molar-refractivity contribution is 0.422. The molecule has 1 aromatic heterocycles. The molecule has 0 aliphatic heterocycles. The summed E-state index contributed by atoms with van der Waals surface area (Å²) in [5, 5.41) is 4.11. The highest BCUT2D eigenvalue weighted by molar-refractivity contribution is 6.29. The number of aromatic nitrogens is 1. The Hall–Kier alpha value is -0.600. The first-order valence-corrected chi connectivity index (χ1v) is 6.40. The number of pyridine rings is 1. The van der Waals surface area contributed by atoms with Crippen LogP contribution in [-0.2, 0) is 0 Å². The summed E-state index contributed by atoms with van der Waals surface area (Å²) in [4.78, 5) is 3.99. The van der Waals surface area contributed by atoms with Crippen LogP contribution in [-0.4, -0.2) is 11.5 Å². The lowest BCUT2D eigenvalue weighted by Gasteiger charge is -2.18. The highest BCUT2D eigenvalue weighted by atomic mass is 35.5. The maximum Gasteiger partial charge on any atom is 0.129 e. The minimum absolute atomic E-state index is 0.334. The van der Waals surface area contributed by atoms with Crippen LogP contribution in [0.25, 0.3) is 0 Å². The molecule has 1 heterocycles. The molecule has 0 saturated carbocycles. The fourth-order valence-electron chi connectivity index (χ4n) is 1.73. The van der Waals surface area contributed by atoms with E-state index in [9.17, 15) is 0 Å². The van der Waals surface area contributed by atoms with Gasteiger partial charge in [0.25, 0.3) is 0 Å². The van der Waals surface area contributed by atoms with Crippen molar-refractivity contribution < 1.29 is 0 Å². The molecule has 0 spiro atoms. The predicted octanol–water partition coefficient (Wildman–Crippen LogP) is 3.82. The van der Waals surface area contributed by atoms with Gasteiger partial charge in [-0.2, -0.15) is 0 Å². The van der Waals surface area contributed by atoms with Crippen molar-refractivity contribution in [2.45, 2.75) is 39.7 Å². The third-order valence-electron chi connectivity index (χ3n) is 3.12. The average molecular weight is 241 g/mol. The van der Waals surface area contributed by atoms with Gasteiger partial charge in [0.2, 0.25) is 0 Å². The molecule has 0 fully saturated rings. The lowest BCUT2D eigenvalue weighted by Crippen LogP contribution is -2.25. The van der Waals surface area contributed by atoms with Gasteiger partial charge in [-0.3, -0.25) is 0 Å². The number of halogens is 1. The van der Waals surface area contributed by atoms with E-state index in [1.807, 2.05) is 12.1 Å². The third-order valence-corrected chi connectivity index (χ3v) is 3.32. The molecule has 0 radical (unpaired) electrons. The summed E-state index contributed by atoms with van der Waals surface area (Å²) in [6, 6.07) is 4.27. The summed E-state index contributed by atoms with van der Waals surface area (Å²) in [6.45, 7) is 7.70. The number of rotatable bonds is 6. The normalized spacial score (nSPS) is 13.1. The van der Waals surface area contributed by atoms with Gasteiger partial charge in [-0.25, -0.2) is 4.98 Å². The van der Waals surface area contributed by atoms with E-state index < -0.39 is 0 Å². The second-order valence-electron chi connectivity index (χ2n) is 4.22. The van der Waals surface area contributed by atoms with Crippen LogP contribution in [0.2, 0.25) is 5.15 Å². The molecule has 1 atom stereocenters. The second-order valence-corrected chi connectivity index (χ2v) is 4.61. The van der Waals surface area contributed by atoms with Gasteiger partial charge in [-0.1, -0.05) is 38.3 Å². The summed E-state index contributed by atoms with van der Waals surface area (Å²) < 4.78 is 0. The fourth-order valence-corrected chi connectivity index (χ4v) is 1.91. The zero-order chi connectivity index (χ0) is 12.0. The first kappa shape index (κ1) is 13.5. The topological polar surface area (TPSA) is 24.9 Å². The fraction of sp³-hybridized carbons (Fsp3) is 0.615. The van der Waals surface area contributed by atoms with E-state index >= 15 is 0 Å². The van der Waals surface area contributed by atoms with Crippen molar-refractivity contribution in [1.29, 1.82) is 0 Å². The van der Waals surface area contributed by atoms with Gasteiger partial charge in [-0.05, 0) is 37.1 Å². The van der Waals surface area contributed by atoms with E-state index in [0.29, 0.717) is 11.2 Å². The summed E-state index contributed by atoms with van der Waals surface area (Å²) in [5.74, 6) is 0.764. The zero-order valence-electron chi connectivity index (χ0n) is 10.3. The molecular formula is C13H21ClN2. The lowest BCUT2D eigenvalue weighted by atomic mass is 10.0. The van der Waals surface area contributed by atoms with Crippen LogP contribution in [0.3, 0.4) is 0 Å². The molecule has 1 aromatic rings. The summed E-state index contributed by atoms with van der Waals surface area (Å²) in [6.07, 6.45) is 4.22. The Labute approximate surface area is 103 Å². The zero-order valence-corrected chi connectivity index (χ0v) is 11.1. The average Bonchev–Trinajstić information content (AvgIpc) is 2.30. The Kier molecular flexibility index (Phi) is 5.78. The van der Waals surface area contributed by atoms with Crippen molar-refractivity contribution in [2.24, 2.45) is 5.92 Å². The van der Waals surface area contributed by atoms with E-state index in [4.69, 9.17) is 11.6 Å². The maximum atomic E-state index is 5.87. The SMILES string of the molecule is CCC(CC)CNC(C)c1ccnc(Cl)c1. The molecule has 0 aliphatic carbocycles. The molecule has 0 saturated heterocycles. The highest BCUT2D eigenvalue weighted by Gasteiger charge is 2.08. The van der Waals surface area contributed by atoms with Gasteiger partial charge in [0, 0.05) is 12.2 Å². The Morgan fingerprint density at radius 1 is 1.38 bits per heavy atom. The predicted molar refractivity (Wildman–Crippen MR) is 69.7 cm³/mol. The molecular weight excluding hydrogens is 220 g/mol. The van der Waals surface area contributed by atoms with Crippen LogP contribution >= 0.6 is 11.6 Å². The molecule has 16 heavy (non-hydrogen) atoms. The Morgan fingerprint density at radius 2 is 2.06 bits per heavy atom. The molecule has 0 amide bonds. The molecule has 0 aromatic carbocycles. The second kappa shape index (κ2) is 6.87. The van der Waals surface area contributed by atoms with Crippen molar-refractivity contribution in [3.05, 3.63) is 29.0 Å². The van der Waals surface area contributed by atoms with Crippen molar-refractivity contribution in [3.63, 3.8) is 0 Å². The molecule has 2 nitrogen and oxygen atoms in total. The minimum atomic E-state index is 0.334. The van der Waals surface area contributed by atoms with Gasteiger partial charge in [0.1, 0.15) is 5.15 Å². The molecule has 1 rings (SSSR count). The number of nitrogens with zero attached hydrogens (tertiary/aromatic N) is 1. The van der Waals surface area contributed by atoms with E-state index in [1.54, 1.807) is 6.20 Å². The van der Waals surface area contributed by atoms with Gasteiger partial charge < -0.3 is 5.32 Å². The number of hydrogen-bond acceptors (Lipinski definition) is 2. The first-order chi connectivity index (χ1) is 7.67. The van der Waals surface area contributed by atoms with Crippen LogP contribution in [0.5, 0.6) is 0 Å². The Balaban J connectivity index is 2.49. The van der Waals surface area contributed by atoms with Gasteiger partial charge in [-0.15, -0.1) is 0 Å².